The molecule has 1 heterocycles. The second-order valence-electron chi connectivity index (χ2n) is 1.95. The molecule has 0 saturated carbocycles. The Bertz CT molecular complexity index is 358. The number of aromatic nitrogens is 2. The standard InChI is InChI=1S/C6H6F3N3O/c7-6(8,9)3-13-4-1-2-11-5(10)12-4/h1-2H,3H2,(H2,10,11,12)/i3D2. The molecule has 7 heteroatoms. The number of rotatable bonds is 2. The van der Waals surface area contributed by atoms with Gasteiger partial charge in [0.25, 0.3) is 0 Å². The fourth-order valence-electron chi connectivity index (χ4n) is 0.523. The molecule has 0 spiro atoms. The largest absolute Gasteiger partial charge is 0.468 e. The lowest BCUT2D eigenvalue weighted by atomic mass is 10.6. The first-order valence-corrected chi connectivity index (χ1v) is 3.06. The van der Waals surface area contributed by atoms with Gasteiger partial charge in [0, 0.05) is 12.3 Å². The molecule has 0 unspecified atom stereocenters. The number of nitrogens with two attached hydrogens (primary N) is 1. The number of halogens is 3. The van der Waals surface area contributed by atoms with E-state index in [-0.39, 0.29) is 5.95 Å². The Morgan fingerprint density at radius 2 is 2.31 bits per heavy atom. The van der Waals surface area contributed by atoms with Gasteiger partial charge in [-0.1, -0.05) is 0 Å². The summed E-state index contributed by atoms with van der Waals surface area (Å²) in [5.41, 5.74) is 5.08. The molecule has 72 valence electrons. The van der Waals surface area contributed by atoms with Gasteiger partial charge in [0.2, 0.25) is 11.8 Å². The van der Waals surface area contributed by atoms with Crippen molar-refractivity contribution in [3.05, 3.63) is 12.3 Å². The van der Waals surface area contributed by atoms with Gasteiger partial charge < -0.3 is 10.5 Å². The average Bonchev–Trinajstić information content (AvgIpc) is 2.00. The highest BCUT2D eigenvalue weighted by Gasteiger charge is 2.28. The molecule has 0 atom stereocenters. The molecule has 0 aliphatic carbocycles. The lowest BCUT2D eigenvalue weighted by Crippen LogP contribution is -2.19. The zero-order valence-electron chi connectivity index (χ0n) is 8.17. The molecule has 0 amide bonds. The molecule has 1 rings (SSSR count). The summed E-state index contributed by atoms with van der Waals surface area (Å²) in [6.07, 6.45) is -4.09. The van der Waals surface area contributed by atoms with E-state index in [1.54, 1.807) is 0 Å². The number of nitrogen functional groups attached to an aromatic ring is 1. The third-order valence-electron chi connectivity index (χ3n) is 0.920. The molecule has 0 aliphatic rings. The van der Waals surface area contributed by atoms with Crippen molar-refractivity contribution in [1.82, 2.24) is 9.97 Å². The van der Waals surface area contributed by atoms with E-state index in [0.29, 0.717) is 0 Å². The van der Waals surface area contributed by atoms with Crippen LogP contribution in [0.5, 0.6) is 5.88 Å². The molecule has 0 radical (unpaired) electrons. The van der Waals surface area contributed by atoms with Gasteiger partial charge in [0.05, 0.1) is 2.74 Å². The predicted molar refractivity (Wildman–Crippen MR) is 38.0 cm³/mol. The summed E-state index contributed by atoms with van der Waals surface area (Å²) in [7, 11) is 0. The molecular weight excluding hydrogens is 187 g/mol. The number of nitrogens with zero attached hydrogens (tertiary/aromatic N) is 2. The second kappa shape index (κ2) is 3.46. The Labute approximate surface area is 74.4 Å². The highest BCUT2D eigenvalue weighted by Crippen LogP contribution is 2.16. The van der Waals surface area contributed by atoms with Gasteiger partial charge >= 0.3 is 6.18 Å². The first-order chi connectivity index (χ1) is 6.72. The Hall–Kier alpha value is -1.53. The number of ether oxygens (including phenoxy) is 1. The van der Waals surface area contributed by atoms with E-state index in [1.807, 2.05) is 0 Å². The van der Waals surface area contributed by atoms with Gasteiger partial charge in [-0.25, -0.2) is 4.98 Å². The van der Waals surface area contributed by atoms with Crippen LogP contribution < -0.4 is 10.5 Å². The van der Waals surface area contributed by atoms with Crippen molar-refractivity contribution in [3.8, 4) is 5.88 Å². The SMILES string of the molecule is [2H]C([2H])(Oc1ccnc(N)n1)C(F)(F)F. The summed E-state index contributed by atoms with van der Waals surface area (Å²) >= 11 is 0. The summed E-state index contributed by atoms with van der Waals surface area (Å²) in [4.78, 5) is 6.69. The van der Waals surface area contributed by atoms with Crippen LogP contribution in [0.4, 0.5) is 19.1 Å². The maximum absolute atomic E-state index is 12.0. The monoisotopic (exact) mass is 195 g/mol. The Balaban J connectivity index is 2.87. The average molecular weight is 195 g/mol. The third-order valence-corrected chi connectivity index (χ3v) is 0.920. The van der Waals surface area contributed by atoms with E-state index >= 15 is 0 Å². The van der Waals surface area contributed by atoms with Gasteiger partial charge in [-0.05, 0) is 0 Å². The normalized spacial score (nSPS) is 14.7. The number of hydrogen-bond donors (Lipinski definition) is 1. The fraction of sp³-hybridized carbons (Fsp3) is 0.333. The van der Waals surface area contributed by atoms with Crippen molar-refractivity contribution in [1.29, 1.82) is 0 Å². The highest BCUT2D eigenvalue weighted by atomic mass is 19.4. The minimum absolute atomic E-state index is 0.300. The van der Waals surface area contributed by atoms with Crippen molar-refractivity contribution in [2.75, 3.05) is 12.3 Å². The maximum atomic E-state index is 12.0. The summed E-state index contributed by atoms with van der Waals surface area (Å²) in [6, 6.07) is 0.972. The van der Waals surface area contributed by atoms with Gasteiger partial charge in [-0.15, -0.1) is 0 Å². The van der Waals surface area contributed by atoms with Crippen LogP contribution >= 0.6 is 0 Å². The molecule has 2 N–H and O–H groups in total. The van der Waals surface area contributed by atoms with E-state index < -0.39 is 18.6 Å². The van der Waals surface area contributed by atoms with Crippen LogP contribution in [0.3, 0.4) is 0 Å². The molecule has 0 bridgehead atoms. The summed E-state index contributed by atoms with van der Waals surface area (Å²) in [6.45, 7) is -3.81. The molecular formula is C6H6F3N3O. The van der Waals surface area contributed by atoms with Crippen LogP contribution in [0.25, 0.3) is 0 Å². The van der Waals surface area contributed by atoms with Gasteiger partial charge in [-0.3, -0.25) is 0 Å². The summed E-state index contributed by atoms with van der Waals surface area (Å²) in [5, 5.41) is 0. The molecule has 1 aromatic rings. The van der Waals surface area contributed by atoms with Gasteiger partial charge in [0.15, 0.2) is 6.56 Å². The summed E-state index contributed by atoms with van der Waals surface area (Å²) < 4.78 is 53.4. The van der Waals surface area contributed by atoms with Crippen molar-refractivity contribution in [2.45, 2.75) is 6.18 Å². The quantitative estimate of drug-likeness (QED) is 0.764. The van der Waals surface area contributed by atoms with E-state index in [1.165, 1.54) is 0 Å². The van der Waals surface area contributed by atoms with Crippen LogP contribution in [0, 0.1) is 0 Å². The smallest absolute Gasteiger partial charge is 0.422 e. The fourth-order valence-corrected chi connectivity index (χ4v) is 0.523. The van der Waals surface area contributed by atoms with E-state index in [9.17, 15) is 13.2 Å². The van der Waals surface area contributed by atoms with Crippen molar-refractivity contribution in [2.24, 2.45) is 0 Å². The number of anilines is 1. The molecule has 4 nitrogen and oxygen atoms in total. The Kier molecular flexibility index (Phi) is 1.85. The van der Waals surface area contributed by atoms with Crippen LogP contribution in [0.15, 0.2) is 12.3 Å². The molecule has 0 aliphatic heterocycles. The Morgan fingerprint density at radius 1 is 1.62 bits per heavy atom. The van der Waals surface area contributed by atoms with Gasteiger partial charge in [0.1, 0.15) is 0 Å². The van der Waals surface area contributed by atoms with Crippen LogP contribution in [-0.4, -0.2) is 22.7 Å². The van der Waals surface area contributed by atoms with Crippen LogP contribution in [0.2, 0.25) is 0 Å². The molecule has 0 fully saturated rings. The maximum Gasteiger partial charge on any atom is 0.422 e. The predicted octanol–water partition coefficient (Wildman–Crippen LogP) is 1.000. The first kappa shape index (κ1) is 6.93. The van der Waals surface area contributed by atoms with Crippen LogP contribution in [0.1, 0.15) is 2.74 Å². The first-order valence-electron chi connectivity index (χ1n) is 4.06. The van der Waals surface area contributed by atoms with Crippen molar-refractivity contribution >= 4 is 5.95 Å². The van der Waals surface area contributed by atoms with Crippen LogP contribution in [-0.2, 0) is 0 Å². The molecule has 0 aromatic carbocycles. The van der Waals surface area contributed by atoms with E-state index in [0.717, 1.165) is 12.3 Å². The number of hydrogen-bond acceptors (Lipinski definition) is 4. The summed E-state index contributed by atoms with van der Waals surface area (Å²) in [5.74, 6) is -0.879. The third kappa shape index (κ3) is 3.59. The lowest BCUT2D eigenvalue weighted by molar-refractivity contribution is -0.154. The minimum atomic E-state index is -5.15. The zero-order valence-corrected chi connectivity index (χ0v) is 6.17. The molecule has 0 saturated heterocycles. The van der Waals surface area contributed by atoms with E-state index in [2.05, 4.69) is 14.7 Å². The van der Waals surface area contributed by atoms with Crippen molar-refractivity contribution < 1.29 is 20.6 Å². The zero-order chi connectivity index (χ0) is 11.7. The minimum Gasteiger partial charge on any atom is -0.468 e. The molecule has 1 aromatic heterocycles. The second-order valence-corrected chi connectivity index (χ2v) is 1.95. The topological polar surface area (TPSA) is 61.0 Å². The van der Waals surface area contributed by atoms with Gasteiger partial charge in [-0.2, -0.15) is 18.2 Å². The highest BCUT2D eigenvalue weighted by molar-refractivity contribution is 5.20. The van der Waals surface area contributed by atoms with Crippen molar-refractivity contribution in [3.63, 3.8) is 0 Å². The lowest BCUT2D eigenvalue weighted by Gasteiger charge is -2.07. The Morgan fingerprint density at radius 3 is 2.85 bits per heavy atom. The number of alkyl halides is 3. The van der Waals surface area contributed by atoms with E-state index in [4.69, 9.17) is 8.48 Å². The molecule has 13 heavy (non-hydrogen) atoms.